The molecule has 1 fully saturated rings. The smallest absolute Gasteiger partial charge is 0.326 e. The van der Waals surface area contributed by atoms with Crippen molar-refractivity contribution in [2.75, 3.05) is 20.3 Å². The van der Waals surface area contributed by atoms with Gasteiger partial charge in [-0.25, -0.2) is 4.79 Å². The fourth-order valence-electron chi connectivity index (χ4n) is 3.04. The number of amides is 2. The zero-order valence-corrected chi connectivity index (χ0v) is 20.0. The average molecular weight is 481 g/mol. The minimum Gasteiger partial charge on any atom is -0.493 e. The average Bonchev–Trinajstić information content (AvgIpc) is 3.02. The summed E-state index contributed by atoms with van der Waals surface area (Å²) in [4.78, 5) is 38.1. The van der Waals surface area contributed by atoms with Crippen LogP contribution in [0.25, 0.3) is 6.08 Å². The molecule has 1 aromatic rings. The summed E-state index contributed by atoms with van der Waals surface area (Å²) in [6.07, 6.45) is 3.58. The highest BCUT2D eigenvalue weighted by Crippen LogP contribution is 2.34. The molecule has 0 aromatic heterocycles. The lowest BCUT2D eigenvalue weighted by molar-refractivity contribution is -0.142. The van der Waals surface area contributed by atoms with Crippen molar-refractivity contribution < 1.29 is 29.0 Å². The second kappa shape index (κ2) is 12.4. The molecule has 2 rings (SSSR count). The van der Waals surface area contributed by atoms with Gasteiger partial charge in [0, 0.05) is 13.0 Å². The van der Waals surface area contributed by atoms with E-state index in [-0.39, 0.29) is 18.9 Å². The van der Waals surface area contributed by atoms with E-state index in [1.54, 1.807) is 25.3 Å². The second-order valence-corrected chi connectivity index (χ2v) is 8.70. The lowest BCUT2D eigenvalue weighted by atomic mass is 10.1. The van der Waals surface area contributed by atoms with E-state index in [0.717, 1.165) is 23.7 Å². The summed E-state index contributed by atoms with van der Waals surface area (Å²) >= 11 is 6.47. The Bertz CT molecular complexity index is 902. The van der Waals surface area contributed by atoms with Crippen LogP contribution in [0.3, 0.4) is 0 Å². The summed E-state index contributed by atoms with van der Waals surface area (Å²) in [7, 11) is 1.54. The highest BCUT2D eigenvalue weighted by molar-refractivity contribution is 8.26. The molecule has 1 aromatic carbocycles. The van der Waals surface area contributed by atoms with Gasteiger partial charge in [-0.1, -0.05) is 49.8 Å². The summed E-state index contributed by atoms with van der Waals surface area (Å²) < 4.78 is 11.2. The number of hydrogen-bond donors (Lipinski definition) is 2. The molecule has 1 aliphatic heterocycles. The highest BCUT2D eigenvalue weighted by atomic mass is 32.2. The van der Waals surface area contributed by atoms with Crippen LogP contribution in [0.1, 0.15) is 45.1 Å². The molecule has 0 radical (unpaired) electrons. The van der Waals surface area contributed by atoms with Gasteiger partial charge in [-0.3, -0.25) is 14.5 Å². The number of ether oxygens (including phenoxy) is 2. The minimum atomic E-state index is -1.06. The van der Waals surface area contributed by atoms with Crippen molar-refractivity contribution in [3.8, 4) is 11.5 Å². The van der Waals surface area contributed by atoms with Crippen LogP contribution in [0.15, 0.2) is 23.1 Å². The van der Waals surface area contributed by atoms with E-state index < -0.39 is 17.9 Å². The van der Waals surface area contributed by atoms with Crippen LogP contribution in [0.2, 0.25) is 0 Å². The zero-order valence-electron chi connectivity index (χ0n) is 18.4. The molecule has 2 amide bonds. The Labute approximate surface area is 197 Å². The van der Waals surface area contributed by atoms with Crippen LogP contribution in [-0.2, 0) is 14.4 Å². The Morgan fingerprint density at radius 1 is 1.31 bits per heavy atom. The number of carboxylic acids is 1. The van der Waals surface area contributed by atoms with Crippen LogP contribution in [-0.4, -0.2) is 58.4 Å². The molecule has 174 valence electrons. The Morgan fingerprint density at radius 2 is 2.06 bits per heavy atom. The quantitative estimate of drug-likeness (QED) is 0.346. The lowest BCUT2D eigenvalue weighted by Crippen LogP contribution is -2.42. The van der Waals surface area contributed by atoms with Crippen LogP contribution in [0.5, 0.6) is 11.5 Å². The normalized spacial score (nSPS) is 15.7. The van der Waals surface area contributed by atoms with Gasteiger partial charge in [-0.05, 0) is 37.1 Å². The summed E-state index contributed by atoms with van der Waals surface area (Å²) in [6, 6.07) is 4.43. The third-order valence-corrected chi connectivity index (χ3v) is 6.08. The van der Waals surface area contributed by atoms with Crippen molar-refractivity contribution >= 4 is 52.2 Å². The predicted octanol–water partition coefficient (Wildman–Crippen LogP) is 3.44. The molecule has 2 N–H and O–H groups in total. The van der Waals surface area contributed by atoms with Crippen LogP contribution < -0.4 is 14.8 Å². The molecule has 1 heterocycles. The van der Waals surface area contributed by atoms with Gasteiger partial charge in [0.2, 0.25) is 5.91 Å². The third kappa shape index (κ3) is 6.96. The Balaban J connectivity index is 2.02. The van der Waals surface area contributed by atoms with Crippen molar-refractivity contribution in [3.05, 3.63) is 28.7 Å². The number of thiocarbonyl (C=S) groups is 1. The van der Waals surface area contributed by atoms with E-state index in [1.165, 1.54) is 4.90 Å². The lowest BCUT2D eigenvalue weighted by Gasteiger charge is -2.17. The maximum atomic E-state index is 12.8. The first-order chi connectivity index (χ1) is 15.3. The molecule has 0 aliphatic carbocycles. The van der Waals surface area contributed by atoms with Gasteiger partial charge < -0.3 is 19.9 Å². The fraction of sp³-hybridized carbons (Fsp3) is 0.455. The van der Waals surface area contributed by atoms with Crippen LogP contribution in [0, 0.1) is 0 Å². The molecule has 0 saturated carbocycles. The number of carboxylic acid groups (broad SMARTS) is 1. The van der Waals surface area contributed by atoms with Crippen molar-refractivity contribution in [2.24, 2.45) is 0 Å². The van der Waals surface area contributed by atoms with Crippen molar-refractivity contribution in [1.82, 2.24) is 10.2 Å². The number of carbonyl (C=O) groups is 3. The van der Waals surface area contributed by atoms with Crippen molar-refractivity contribution in [2.45, 2.75) is 45.6 Å². The van der Waals surface area contributed by atoms with Crippen molar-refractivity contribution in [1.29, 1.82) is 0 Å². The summed E-state index contributed by atoms with van der Waals surface area (Å²) in [6.45, 7) is 4.42. The van der Waals surface area contributed by atoms with Gasteiger partial charge in [0.15, 0.2) is 11.5 Å². The zero-order chi connectivity index (χ0) is 23.7. The first kappa shape index (κ1) is 25.7. The van der Waals surface area contributed by atoms with Gasteiger partial charge in [0.25, 0.3) is 5.91 Å². The Kier molecular flexibility index (Phi) is 9.98. The van der Waals surface area contributed by atoms with E-state index in [0.29, 0.717) is 40.2 Å². The fourth-order valence-corrected chi connectivity index (χ4v) is 4.35. The van der Waals surface area contributed by atoms with Crippen LogP contribution >= 0.6 is 24.0 Å². The first-order valence-electron chi connectivity index (χ1n) is 10.4. The number of nitrogens with zero attached hydrogens (tertiary/aromatic N) is 1. The van der Waals surface area contributed by atoms with Gasteiger partial charge >= 0.3 is 5.97 Å². The standard InChI is InChI=1S/C22H28N2O6S2/c1-4-6-7-15(21(27)28)23-19(25)10-11-24-20(26)18(32-22(24)31)13-14-8-9-16(30-5-2)17(12-14)29-3/h8-9,12-13,15H,4-7,10-11H2,1-3H3,(H,23,25)(H,27,28)/b18-13-. The number of hydrogen-bond acceptors (Lipinski definition) is 7. The van der Waals surface area contributed by atoms with Crippen molar-refractivity contribution in [3.63, 3.8) is 0 Å². The van der Waals surface area contributed by atoms with Gasteiger partial charge in [0.1, 0.15) is 10.4 Å². The van der Waals surface area contributed by atoms with E-state index in [4.69, 9.17) is 21.7 Å². The molecule has 1 saturated heterocycles. The van der Waals surface area contributed by atoms with Gasteiger partial charge in [-0.15, -0.1) is 0 Å². The third-order valence-electron chi connectivity index (χ3n) is 4.70. The summed E-state index contributed by atoms with van der Waals surface area (Å²) in [5.74, 6) is -0.608. The van der Waals surface area contributed by atoms with E-state index in [9.17, 15) is 19.5 Å². The maximum absolute atomic E-state index is 12.8. The summed E-state index contributed by atoms with van der Waals surface area (Å²) in [5.41, 5.74) is 0.753. The minimum absolute atomic E-state index is 0.0352. The van der Waals surface area contributed by atoms with E-state index >= 15 is 0 Å². The van der Waals surface area contributed by atoms with Crippen LogP contribution in [0.4, 0.5) is 0 Å². The van der Waals surface area contributed by atoms with E-state index in [2.05, 4.69) is 5.32 Å². The number of carbonyl (C=O) groups excluding carboxylic acids is 2. The number of rotatable bonds is 12. The molecule has 1 atom stereocenters. The second-order valence-electron chi connectivity index (χ2n) is 7.03. The Morgan fingerprint density at radius 3 is 2.69 bits per heavy atom. The molecule has 32 heavy (non-hydrogen) atoms. The molecule has 10 heteroatoms. The Hall–Kier alpha value is -2.59. The number of aliphatic carboxylic acids is 1. The number of thioether (sulfide) groups is 1. The monoisotopic (exact) mass is 480 g/mol. The highest BCUT2D eigenvalue weighted by Gasteiger charge is 2.32. The first-order valence-corrected chi connectivity index (χ1v) is 11.6. The van der Waals surface area contributed by atoms with Gasteiger partial charge in [-0.2, -0.15) is 0 Å². The number of unbranched alkanes of at least 4 members (excludes halogenated alkanes) is 1. The molecule has 0 spiro atoms. The van der Waals surface area contributed by atoms with Gasteiger partial charge in [0.05, 0.1) is 18.6 Å². The van der Waals surface area contributed by atoms with E-state index in [1.807, 2.05) is 19.9 Å². The number of nitrogens with one attached hydrogen (secondary N) is 1. The topological polar surface area (TPSA) is 105 Å². The number of benzene rings is 1. The molecular weight excluding hydrogens is 452 g/mol. The molecule has 1 unspecified atom stereocenters. The SMILES string of the molecule is CCCCC(NC(=O)CCN1C(=O)/C(=C/c2ccc(OCC)c(OC)c2)SC1=S)C(=O)O. The molecular formula is C22H28N2O6S2. The largest absolute Gasteiger partial charge is 0.493 e. The molecule has 8 nitrogen and oxygen atoms in total. The molecule has 0 bridgehead atoms. The molecule has 1 aliphatic rings. The number of methoxy groups -OCH3 is 1. The predicted molar refractivity (Wildman–Crippen MR) is 128 cm³/mol. The maximum Gasteiger partial charge on any atom is 0.326 e. The summed E-state index contributed by atoms with van der Waals surface area (Å²) in [5, 5.41) is 11.8.